The number of carbonyl (C=O) groups excluding carboxylic acids is 2. The van der Waals surface area contributed by atoms with Gasteiger partial charge in [0.05, 0.1) is 0 Å². The molecule has 0 aliphatic heterocycles. The van der Waals surface area contributed by atoms with Crippen molar-refractivity contribution in [1.29, 1.82) is 0 Å². The standard InChI is InChI=1S/C13H23NO3/c1-5-11(15)9-6-7-10(8-9)14-12(16)17-13(2,3)4/h9-10H,5-8H2,1-4H3,(H,14,16)/t9-,10+/m0/s1. The molecule has 1 aliphatic carbocycles. The normalized spacial score (nSPS) is 24.5. The van der Waals surface area contributed by atoms with Gasteiger partial charge in [0.25, 0.3) is 0 Å². The lowest BCUT2D eigenvalue weighted by atomic mass is 10.0. The minimum atomic E-state index is -0.471. The molecule has 0 saturated heterocycles. The number of ketones is 1. The minimum absolute atomic E-state index is 0.0883. The van der Waals surface area contributed by atoms with Gasteiger partial charge < -0.3 is 10.1 Å². The van der Waals surface area contributed by atoms with Crippen LogP contribution in [0, 0.1) is 5.92 Å². The highest BCUT2D eigenvalue weighted by Gasteiger charge is 2.30. The third kappa shape index (κ3) is 4.75. The molecule has 4 heteroatoms. The molecule has 1 fully saturated rings. The molecule has 0 spiro atoms. The Morgan fingerprint density at radius 2 is 1.94 bits per heavy atom. The molecule has 4 nitrogen and oxygen atoms in total. The Balaban J connectivity index is 2.35. The van der Waals surface area contributed by atoms with E-state index in [1.54, 1.807) is 0 Å². The van der Waals surface area contributed by atoms with Crippen molar-refractivity contribution in [2.24, 2.45) is 5.92 Å². The van der Waals surface area contributed by atoms with Crippen LogP contribution in [-0.2, 0) is 9.53 Å². The number of ether oxygens (including phenoxy) is 1. The maximum absolute atomic E-state index is 11.5. The number of nitrogens with one attached hydrogen (secondary N) is 1. The van der Waals surface area contributed by atoms with Gasteiger partial charge in [0.1, 0.15) is 11.4 Å². The van der Waals surface area contributed by atoms with Gasteiger partial charge in [-0.05, 0) is 40.0 Å². The van der Waals surface area contributed by atoms with Gasteiger partial charge in [0, 0.05) is 18.4 Å². The van der Waals surface area contributed by atoms with Crippen LogP contribution in [0.15, 0.2) is 0 Å². The molecule has 98 valence electrons. The molecule has 1 rings (SSSR count). The summed E-state index contributed by atoms with van der Waals surface area (Å²) in [4.78, 5) is 23.1. The minimum Gasteiger partial charge on any atom is -0.444 e. The molecule has 0 aromatic heterocycles. The Morgan fingerprint density at radius 1 is 1.29 bits per heavy atom. The zero-order chi connectivity index (χ0) is 13.1. The summed E-state index contributed by atoms with van der Waals surface area (Å²) in [6.45, 7) is 7.40. The summed E-state index contributed by atoms with van der Waals surface area (Å²) >= 11 is 0. The number of alkyl carbamates (subject to hydrolysis) is 1. The third-order valence-electron chi connectivity index (χ3n) is 2.96. The van der Waals surface area contributed by atoms with Gasteiger partial charge in [0.15, 0.2) is 0 Å². The van der Waals surface area contributed by atoms with Crippen molar-refractivity contribution in [3.63, 3.8) is 0 Å². The number of rotatable bonds is 3. The first kappa shape index (κ1) is 14.0. The Labute approximate surface area is 103 Å². The lowest BCUT2D eigenvalue weighted by Crippen LogP contribution is -2.38. The fourth-order valence-corrected chi connectivity index (χ4v) is 2.17. The summed E-state index contributed by atoms with van der Waals surface area (Å²) in [5, 5.41) is 2.83. The van der Waals surface area contributed by atoms with Gasteiger partial charge >= 0.3 is 6.09 Å². The first-order chi connectivity index (χ1) is 7.81. The van der Waals surface area contributed by atoms with E-state index in [2.05, 4.69) is 5.32 Å². The van der Waals surface area contributed by atoms with Crippen LogP contribution in [0.2, 0.25) is 0 Å². The number of carbonyl (C=O) groups is 2. The second-order valence-electron chi connectivity index (χ2n) is 5.67. The highest BCUT2D eigenvalue weighted by molar-refractivity contribution is 5.81. The van der Waals surface area contributed by atoms with Gasteiger partial charge in [0.2, 0.25) is 0 Å². The smallest absolute Gasteiger partial charge is 0.407 e. The van der Waals surface area contributed by atoms with Crippen LogP contribution in [-0.4, -0.2) is 23.5 Å². The summed E-state index contributed by atoms with van der Waals surface area (Å²) in [5.74, 6) is 0.429. The van der Waals surface area contributed by atoms with Crippen LogP contribution in [0.1, 0.15) is 53.4 Å². The molecular weight excluding hydrogens is 218 g/mol. The Morgan fingerprint density at radius 3 is 2.47 bits per heavy atom. The first-order valence-electron chi connectivity index (χ1n) is 6.34. The molecule has 1 saturated carbocycles. The highest BCUT2D eigenvalue weighted by atomic mass is 16.6. The van der Waals surface area contributed by atoms with Crippen LogP contribution in [0.4, 0.5) is 4.79 Å². The van der Waals surface area contributed by atoms with Crippen LogP contribution >= 0.6 is 0 Å². The van der Waals surface area contributed by atoms with Gasteiger partial charge in [-0.1, -0.05) is 6.92 Å². The average Bonchev–Trinajstić information content (AvgIpc) is 2.62. The zero-order valence-corrected chi connectivity index (χ0v) is 11.2. The predicted octanol–water partition coefficient (Wildman–Crippen LogP) is 2.66. The number of amides is 1. The van der Waals surface area contributed by atoms with E-state index in [1.807, 2.05) is 27.7 Å². The Kier molecular flexibility index (Phi) is 4.54. The van der Waals surface area contributed by atoms with Crippen LogP contribution in [0.5, 0.6) is 0 Å². The van der Waals surface area contributed by atoms with Gasteiger partial charge in [-0.2, -0.15) is 0 Å². The van der Waals surface area contributed by atoms with Crippen molar-refractivity contribution in [2.75, 3.05) is 0 Å². The lowest BCUT2D eigenvalue weighted by molar-refractivity contribution is -0.122. The van der Waals surface area contributed by atoms with E-state index >= 15 is 0 Å². The molecule has 2 atom stereocenters. The van der Waals surface area contributed by atoms with Crippen LogP contribution < -0.4 is 5.32 Å². The Hall–Kier alpha value is -1.06. The van der Waals surface area contributed by atoms with Crippen LogP contribution in [0.25, 0.3) is 0 Å². The van der Waals surface area contributed by atoms with E-state index in [1.165, 1.54) is 0 Å². The predicted molar refractivity (Wildman–Crippen MR) is 65.8 cm³/mol. The third-order valence-corrected chi connectivity index (χ3v) is 2.96. The van der Waals surface area contributed by atoms with Gasteiger partial charge in [-0.25, -0.2) is 4.79 Å². The number of hydrogen-bond donors (Lipinski definition) is 1. The average molecular weight is 241 g/mol. The highest BCUT2D eigenvalue weighted by Crippen LogP contribution is 2.27. The van der Waals surface area contributed by atoms with Crippen molar-refractivity contribution in [1.82, 2.24) is 5.32 Å². The quantitative estimate of drug-likeness (QED) is 0.826. The van der Waals surface area contributed by atoms with Crippen molar-refractivity contribution in [3.8, 4) is 0 Å². The summed E-state index contributed by atoms with van der Waals surface area (Å²) in [6, 6.07) is 0.0883. The topological polar surface area (TPSA) is 55.4 Å². The zero-order valence-electron chi connectivity index (χ0n) is 11.2. The summed E-state index contributed by atoms with van der Waals surface area (Å²) in [5.41, 5.74) is -0.471. The molecule has 0 unspecified atom stereocenters. The monoisotopic (exact) mass is 241 g/mol. The fraction of sp³-hybridized carbons (Fsp3) is 0.846. The van der Waals surface area contributed by atoms with E-state index in [0.717, 1.165) is 19.3 Å². The summed E-state index contributed by atoms with van der Waals surface area (Å²) in [6.07, 6.45) is 2.71. The fourth-order valence-electron chi connectivity index (χ4n) is 2.17. The van der Waals surface area contributed by atoms with Gasteiger partial charge in [-0.3, -0.25) is 4.79 Å². The number of hydrogen-bond acceptors (Lipinski definition) is 3. The molecule has 17 heavy (non-hydrogen) atoms. The van der Waals surface area contributed by atoms with E-state index in [-0.39, 0.29) is 18.1 Å². The van der Waals surface area contributed by atoms with Crippen molar-refractivity contribution in [3.05, 3.63) is 0 Å². The molecule has 0 aromatic rings. The largest absolute Gasteiger partial charge is 0.444 e. The van der Waals surface area contributed by atoms with Crippen molar-refractivity contribution < 1.29 is 14.3 Å². The van der Waals surface area contributed by atoms with Crippen LogP contribution in [0.3, 0.4) is 0 Å². The molecular formula is C13H23NO3. The van der Waals surface area contributed by atoms with Crippen molar-refractivity contribution in [2.45, 2.75) is 65.0 Å². The van der Waals surface area contributed by atoms with E-state index in [0.29, 0.717) is 12.2 Å². The maximum Gasteiger partial charge on any atom is 0.407 e. The first-order valence-corrected chi connectivity index (χ1v) is 6.34. The summed E-state index contributed by atoms with van der Waals surface area (Å²) < 4.78 is 5.19. The van der Waals surface area contributed by atoms with E-state index < -0.39 is 5.60 Å². The molecule has 1 N–H and O–H groups in total. The molecule has 1 amide bonds. The second kappa shape index (κ2) is 5.52. The second-order valence-corrected chi connectivity index (χ2v) is 5.67. The summed E-state index contributed by atoms with van der Waals surface area (Å²) in [7, 11) is 0. The lowest BCUT2D eigenvalue weighted by Gasteiger charge is -2.21. The van der Waals surface area contributed by atoms with E-state index in [9.17, 15) is 9.59 Å². The number of Topliss-reactive ketones (excluding diaryl/α,β-unsaturated/α-hetero) is 1. The molecule has 1 aliphatic rings. The van der Waals surface area contributed by atoms with E-state index in [4.69, 9.17) is 4.74 Å². The van der Waals surface area contributed by atoms with Crippen molar-refractivity contribution >= 4 is 11.9 Å². The molecule has 0 radical (unpaired) electrons. The maximum atomic E-state index is 11.5. The van der Waals surface area contributed by atoms with Gasteiger partial charge in [-0.15, -0.1) is 0 Å². The Bertz CT molecular complexity index is 294. The molecule has 0 bridgehead atoms. The molecule has 0 aromatic carbocycles. The molecule has 0 heterocycles. The SMILES string of the molecule is CCC(=O)[C@H]1CC[C@@H](NC(=O)OC(C)(C)C)C1.